The topological polar surface area (TPSA) is 56.3 Å². The lowest BCUT2D eigenvalue weighted by atomic mass is 10.0. The van der Waals surface area contributed by atoms with E-state index in [9.17, 15) is 22.8 Å². The highest BCUT2D eigenvalue weighted by Gasteiger charge is 2.35. The molecule has 0 amide bonds. The first-order valence-corrected chi connectivity index (χ1v) is 8.83. The van der Waals surface area contributed by atoms with Crippen molar-refractivity contribution in [2.45, 2.75) is 23.9 Å². The number of hydrogen-bond donors (Lipinski definition) is 0. The zero-order valence-corrected chi connectivity index (χ0v) is 14.3. The third-order valence-corrected chi connectivity index (χ3v) is 4.82. The number of Topliss-reactive ketones (excluding diaryl/α,β-unsaturated/α-hetero) is 2. The number of rotatable bonds is 5. The second-order valence-electron chi connectivity index (χ2n) is 5.60. The van der Waals surface area contributed by atoms with Crippen molar-refractivity contribution >= 4 is 23.3 Å². The molecule has 2 heterocycles. The molecule has 4 nitrogen and oxygen atoms in total. The minimum absolute atomic E-state index is 0.184. The second kappa shape index (κ2) is 7.49. The van der Waals surface area contributed by atoms with Crippen LogP contribution in [0.1, 0.15) is 39.3 Å². The van der Waals surface area contributed by atoms with Gasteiger partial charge in [-0.05, 0) is 30.3 Å². The molecule has 2 aromatic rings. The molecule has 0 saturated carbocycles. The highest BCUT2D eigenvalue weighted by Crippen LogP contribution is 2.34. The molecule has 26 heavy (non-hydrogen) atoms. The Kier molecular flexibility index (Phi) is 5.31. The van der Waals surface area contributed by atoms with Crippen LogP contribution >= 0.6 is 11.8 Å². The number of benzene rings is 1. The van der Waals surface area contributed by atoms with Gasteiger partial charge in [0, 0.05) is 30.4 Å². The number of fused-ring (bicyclic) bond motifs is 1. The third kappa shape index (κ3) is 4.07. The zero-order valence-electron chi connectivity index (χ0n) is 13.5. The molecule has 0 atom stereocenters. The summed E-state index contributed by atoms with van der Waals surface area (Å²) in [6.07, 6.45) is -4.05. The van der Waals surface area contributed by atoms with Gasteiger partial charge in [-0.1, -0.05) is 0 Å². The highest BCUT2D eigenvalue weighted by atomic mass is 32.2. The molecule has 0 fully saturated rings. The third-order valence-electron chi connectivity index (χ3n) is 3.82. The van der Waals surface area contributed by atoms with Gasteiger partial charge in [0.05, 0.1) is 17.1 Å². The standard InChI is InChI=1S/C18H14F3NO3S/c19-18(20,21)12-2-1-7-22-17(12)14(24)5-4-13(23)11-3-6-15-16(10-11)26-9-8-25-15/h1-3,6-7,10H,4-5,8-9H2. The van der Waals surface area contributed by atoms with E-state index in [4.69, 9.17) is 4.74 Å². The predicted molar refractivity (Wildman–Crippen MR) is 89.8 cm³/mol. The molecule has 0 unspecified atom stereocenters. The normalized spacial score (nSPS) is 13.7. The number of carbonyl (C=O) groups is 2. The largest absolute Gasteiger partial charge is 0.492 e. The minimum Gasteiger partial charge on any atom is -0.492 e. The Balaban J connectivity index is 1.70. The summed E-state index contributed by atoms with van der Waals surface area (Å²) < 4.78 is 44.3. The maximum Gasteiger partial charge on any atom is 0.418 e. The lowest BCUT2D eigenvalue weighted by molar-refractivity contribution is -0.138. The van der Waals surface area contributed by atoms with E-state index in [1.54, 1.807) is 30.0 Å². The smallest absolute Gasteiger partial charge is 0.418 e. The summed E-state index contributed by atoms with van der Waals surface area (Å²) in [5.74, 6) is 0.374. The summed E-state index contributed by atoms with van der Waals surface area (Å²) in [5.41, 5.74) is -1.33. The van der Waals surface area contributed by atoms with Gasteiger partial charge in [-0.3, -0.25) is 14.6 Å². The van der Waals surface area contributed by atoms with Crippen molar-refractivity contribution in [3.8, 4) is 5.75 Å². The van der Waals surface area contributed by atoms with E-state index >= 15 is 0 Å². The van der Waals surface area contributed by atoms with Crippen molar-refractivity contribution in [1.29, 1.82) is 0 Å². The molecule has 8 heteroatoms. The summed E-state index contributed by atoms with van der Waals surface area (Å²) in [7, 11) is 0. The Morgan fingerprint density at radius 3 is 2.69 bits per heavy atom. The van der Waals surface area contributed by atoms with Gasteiger partial charge in [0.25, 0.3) is 0 Å². The van der Waals surface area contributed by atoms with Crippen LogP contribution in [0.5, 0.6) is 5.75 Å². The van der Waals surface area contributed by atoms with Crippen molar-refractivity contribution in [3.63, 3.8) is 0 Å². The van der Waals surface area contributed by atoms with Crippen molar-refractivity contribution in [2.24, 2.45) is 0 Å². The number of aromatic nitrogens is 1. The van der Waals surface area contributed by atoms with E-state index in [0.717, 1.165) is 29.0 Å². The first-order valence-electron chi connectivity index (χ1n) is 7.84. The Bertz CT molecular complexity index is 852. The summed E-state index contributed by atoms with van der Waals surface area (Å²) >= 11 is 1.57. The maximum atomic E-state index is 13.0. The van der Waals surface area contributed by atoms with Gasteiger partial charge < -0.3 is 4.74 Å². The Hall–Kier alpha value is -2.35. The molecule has 0 N–H and O–H groups in total. The van der Waals surface area contributed by atoms with Crippen LogP contribution in [0.4, 0.5) is 13.2 Å². The molecular weight excluding hydrogens is 367 g/mol. The molecule has 0 bridgehead atoms. The molecule has 1 aliphatic rings. The molecule has 3 rings (SSSR count). The number of ketones is 2. The average molecular weight is 381 g/mol. The van der Waals surface area contributed by atoms with Crippen LogP contribution in [0.25, 0.3) is 0 Å². The lowest BCUT2D eigenvalue weighted by Crippen LogP contribution is -2.15. The van der Waals surface area contributed by atoms with Crippen molar-refractivity contribution in [1.82, 2.24) is 4.98 Å². The maximum absolute atomic E-state index is 13.0. The quantitative estimate of drug-likeness (QED) is 0.717. The molecular formula is C18H14F3NO3S. The van der Waals surface area contributed by atoms with Gasteiger partial charge in [0.15, 0.2) is 11.6 Å². The van der Waals surface area contributed by atoms with Crippen LogP contribution in [0, 0.1) is 0 Å². The Morgan fingerprint density at radius 2 is 1.92 bits per heavy atom. The number of thioether (sulfide) groups is 1. The van der Waals surface area contributed by atoms with E-state index in [-0.39, 0.29) is 18.6 Å². The summed E-state index contributed by atoms with van der Waals surface area (Å²) in [6, 6.07) is 6.91. The minimum atomic E-state index is -4.67. The fourth-order valence-electron chi connectivity index (χ4n) is 2.56. The number of hydrogen-bond acceptors (Lipinski definition) is 5. The molecule has 1 aromatic carbocycles. The Labute approximate surface area is 151 Å². The molecule has 0 saturated heterocycles. The van der Waals surface area contributed by atoms with E-state index in [1.165, 1.54) is 0 Å². The van der Waals surface area contributed by atoms with E-state index in [0.29, 0.717) is 17.9 Å². The van der Waals surface area contributed by atoms with Crippen LogP contribution in [-0.2, 0) is 6.18 Å². The molecule has 136 valence electrons. The molecule has 0 spiro atoms. The fourth-order valence-corrected chi connectivity index (χ4v) is 3.43. The number of pyridine rings is 1. The van der Waals surface area contributed by atoms with Crippen LogP contribution in [0.15, 0.2) is 41.4 Å². The van der Waals surface area contributed by atoms with Crippen molar-refractivity contribution < 1.29 is 27.5 Å². The average Bonchev–Trinajstić information content (AvgIpc) is 2.64. The Morgan fingerprint density at radius 1 is 1.15 bits per heavy atom. The van der Waals surface area contributed by atoms with Gasteiger partial charge in [-0.25, -0.2) is 0 Å². The summed E-state index contributed by atoms with van der Waals surface area (Å²) in [4.78, 5) is 28.8. The number of alkyl halides is 3. The predicted octanol–water partition coefficient (Wildman–Crippen LogP) is 4.43. The van der Waals surface area contributed by atoms with Gasteiger partial charge >= 0.3 is 6.18 Å². The monoisotopic (exact) mass is 381 g/mol. The number of halogens is 3. The van der Waals surface area contributed by atoms with Gasteiger partial charge in [0.2, 0.25) is 0 Å². The zero-order chi connectivity index (χ0) is 18.7. The summed E-state index contributed by atoms with van der Waals surface area (Å²) in [6.45, 7) is 0.602. The fraction of sp³-hybridized carbons (Fsp3) is 0.278. The highest BCUT2D eigenvalue weighted by molar-refractivity contribution is 7.99. The van der Waals surface area contributed by atoms with Crippen LogP contribution < -0.4 is 4.74 Å². The molecule has 0 radical (unpaired) electrons. The van der Waals surface area contributed by atoms with Crippen LogP contribution in [0.3, 0.4) is 0 Å². The van der Waals surface area contributed by atoms with Gasteiger partial charge in [0.1, 0.15) is 11.4 Å². The van der Waals surface area contributed by atoms with Crippen molar-refractivity contribution in [3.05, 3.63) is 53.3 Å². The summed E-state index contributed by atoms with van der Waals surface area (Å²) in [5, 5.41) is 0. The van der Waals surface area contributed by atoms with Gasteiger partial charge in [-0.2, -0.15) is 13.2 Å². The van der Waals surface area contributed by atoms with Crippen molar-refractivity contribution in [2.75, 3.05) is 12.4 Å². The lowest BCUT2D eigenvalue weighted by Gasteiger charge is -2.17. The number of ether oxygens (including phenoxy) is 1. The van der Waals surface area contributed by atoms with Gasteiger partial charge in [-0.15, -0.1) is 11.8 Å². The van der Waals surface area contributed by atoms with E-state index < -0.39 is 23.2 Å². The van der Waals surface area contributed by atoms with Crippen LogP contribution in [0.2, 0.25) is 0 Å². The molecule has 1 aliphatic heterocycles. The van der Waals surface area contributed by atoms with E-state index in [2.05, 4.69) is 4.98 Å². The van der Waals surface area contributed by atoms with E-state index in [1.807, 2.05) is 0 Å². The first kappa shape index (κ1) is 18.4. The number of nitrogens with zero attached hydrogens (tertiary/aromatic N) is 1. The molecule has 1 aromatic heterocycles. The molecule has 0 aliphatic carbocycles. The van der Waals surface area contributed by atoms with Crippen LogP contribution in [-0.4, -0.2) is 28.9 Å². The number of carbonyl (C=O) groups excluding carboxylic acids is 2. The second-order valence-corrected chi connectivity index (χ2v) is 6.74. The SMILES string of the molecule is O=C(CCC(=O)c1ncccc1C(F)(F)F)c1ccc2c(c1)SCCO2. The first-order chi connectivity index (χ1) is 12.4.